The van der Waals surface area contributed by atoms with E-state index in [0.29, 0.717) is 0 Å². The average Bonchev–Trinajstić information content (AvgIpc) is 3.85. The van der Waals surface area contributed by atoms with Gasteiger partial charge in [0.15, 0.2) is 0 Å². The van der Waals surface area contributed by atoms with Crippen molar-refractivity contribution in [1.82, 2.24) is 4.57 Å². The van der Waals surface area contributed by atoms with Crippen molar-refractivity contribution >= 4 is 103 Å². The molecule has 0 aliphatic carbocycles. The maximum absolute atomic E-state index is 6.74. The topological polar surface area (TPSA) is 21.3 Å². The Morgan fingerprint density at radius 3 is 2.10 bits per heavy atom. The van der Waals surface area contributed by atoms with Crippen LogP contribution in [0, 0.1) is 0 Å². The number of hydrogen-bond donors (Lipinski definition) is 0. The Morgan fingerprint density at radius 2 is 1.18 bits per heavy atom. The van der Waals surface area contributed by atoms with Gasteiger partial charge >= 0.3 is 0 Å². The SMILES string of the molecule is c1ccc(-n2c3ccccc3c3cccc(N(c4ccc5c(c4)sc4ccccc45)c4cccc5oc6c7ccccc7ccc6c45)c32)cc1. The van der Waals surface area contributed by atoms with E-state index < -0.39 is 0 Å². The Labute approximate surface area is 291 Å². The van der Waals surface area contributed by atoms with Crippen LogP contribution in [0.5, 0.6) is 0 Å². The molecule has 8 aromatic carbocycles. The first-order valence-corrected chi connectivity index (χ1v) is 17.8. The van der Waals surface area contributed by atoms with E-state index in [4.69, 9.17) is 4.42 Å². The number of hydrogen-bond acceptors (Lipinski definition) is 3. The summed E-state index contributed by atoms with van der Waals surface area (Å²) in [6, 6.07) is 61.2. The lowest BCUT2D eigenvalue weighted by molar-refractivity contribution is 0.672. The highest BCUT2D eigenvalue weighted by atomic mass is 32.1. The molecule has 3 nitrogen and oxygen atoms in total. The summed E-state index contributed by atoms with van der Waals surface area (Å²) in [6.07, 6.45) is 0. The molecule has 0 amide bonds. The van der Waals surface area contributed by atoms with Crippen LogP contribution in [0.1, 0.15) is 0 Å². The highest BCUT2D eigenvalue weighted by molar-refractivity contribution is 7.25. The first kappa shape index (κ1) is 27.6. The third-order valence-corrected chi connectivity index (χ3v) is 11.3. The van der Waals surface area contributed by atoms with Gasteiger partial charge in [-0.1, -0.05) is 109 Å². The first-order valence-electron chi connectivity index (χ1n) is 16.9. The number of fused-ring (bicyclic) bond motifs is 11. The van der Waals surface area contributed by atoms with Crippen molar-refractivity contribution in [1.29, 1.82) is 0 Å². The minimum atomic E-state index is 0.873. The smallest absolute Gasteiger partial charge is 0.143 e. The second-order valence-electron chi connectivity index (χ2n) is 12.9. The summed E-state index contributed by atoms with van der Waals surface area (Å²) in [4.78, 5) is 2.46. The fourth-order valence-electron chi connectivity index (χ4n) is 8.01. The number of rotatable bonds is 4. The van der Waals surface area contributed by atoms with Gasteiger partial charge in [-0.3, -0.25) is 0 Å². The molecule has 234 valence electrons. The second-order valence-corrected chi connectivity index (χ2v) is 14.0. The first-order chi connectivity index (χ1) is 24.8. The van der Waals surface area contributed by atoms with E-state index >= 15 is 0 Å². The van der Waals surface area contributed by atoms with Crippen molar-refractivity contribution in [3.8, 4) is 5.69 Å². The van der Waals surface area contributed by atoms with Gasteiger partial charge in [0.2, 0.25) is 0 Å². The molecule has 0 saturated carbocycles. The quantitative estimate of drug-likeness (QED) is 0.188. The molecule has 0 radical (unpaired) electrons. The predicted molar refractivity (Wildman–Crippen MR) is 213 cm³/mol. The zero-order valence-corrected chi connectivity index (χ0v) is 27.7. The van der Waals surface area contributed by atoms with Gasteiger partial charge in [-0.2, -0.15) is 0 Å². The van der Waals surface area contributed by atoms with Crippen molar-refractivity contribution in [2.24, 2.45) is 0 Å². The fraction of sp³-hybridized carbons (Fsp3) is 0. The molecule has 0 spiro atoms. The Kier molecular flexibility index (Phi) is 5.83. The number of thiophene rings is 1. The summed E-state index contributed by atoms with van der Waals surface area (Å²) < 4.78 is 11.7. The van der Waals surface area contributed by atoms with Gasteiger partial charge in [0.25, 0.3) is 0 Å². The number of anilines is 3. The molecule has 0 aliphatic rings. The molecule has 0 fully saturated rings. The van der Waals surface area contributed by atoms with Gasteiger partial charge in [0.1, 0.15) is 11.2 Å². The Bertz CT molecular complexity index is 3110. The number of nitrogens with zero attached hydrogens (tertiary/aromatic N) is 2. The van der Waals surface area contributed by atoms with E-state index in [2.05, 4.69) is 179 Å². The number of aromatic nitrogens is 1. The second kappa shape index (κ2) is 10.6. The summed E-state index contributed by atoms with van der Waals surface area (Å²) in [6.45, 7) is 0. The van der Waals surface area contributed by atoms with E-state index in [0.717, 1.165) is 55.6 Å². The fourth-order valence-corrected chi connectivity index (χ4v) is 9.15. The molecule has 0 atom stereocenters. The number of furan rings is 1. The van der Waals surface area contributed by atoms with Crippen LogP contribution in [0.3, 0.4) is 0 Å². The Hall–Kier alpha value is -6.36. The van der Waals surface area contributed by atoms with E-state index in [9.17, 15) is 0 Å². The van der Waals surface area contributed by atoms with Crippen LogP contribution in [0.4, 0.5) is 17.1 Å². The van der Waals surface area contributed by atoms with Gasteiger partial charge in [0, 0.05) is 53.1 Å². The number of para-hydroxylation sites is 3. The zero-order valence-electron chi connectivity index (χ0n) is 26.9. The molecule has 0 saturated heterocycles. The van der Waals surface area contributed by atoms with Crippen molar-refractivity contribution in [3.05, 3.63) is 170 Å². The molecule has 0 unspecified atom stereocenters. The van der Waals surface area contributed by atoms with E-state index in [1.54, 1.807) is 0 Å². The van der Waals surface area contributed by atoms with Gasteiger partial charge < -0.3 is 13.9 Å². The monoisotopic (exact) mass is 656 g/mol. The van der Waals surface area contributed by atoms with Gasteiger partial charge in [-0.15, -0.1) is 11.3 Å². The average molecular weight is 657 g/mol. The standard InChI is InChI=1S/C46H28N2OS/c1-2-13-30(14-3-1)48-38-19-8-6-16-33(38)36-18-10-21-40(45(36)48)47(31-25-27-35-34-17-7-9-23-42(34)50-43(35)28-31)39-20-11-22-41-44(39)37-26-24-29-12-4-5-15-32(29)46(37)49-41/h1-28H. The molecule has 4 heteroatoms. The molecular formula is C46H28N2OS. The number of benzene rings is 8. The van der Waals surface area contributed by atoms with Crippen LogP contribution >= 0.6 is 11.3 Å². The molecule has 0 N–H and O–H groups in total. The minimum Gasteiger partial charge on any atom is -0.455 e. The largest absolute Gasteiger partial charge is 0.455 e. The maximum atomic E-state index is 6.74. The maximum Gasteiger partial charge on any atom is 0.143 e. The molecule has 3 heterocycles. The zero-order chi connectivity index (χ0) is 32.8. The summed E-state index contributed by atoms with van der Waals surface area (Å²) in [5.74, 6) is 0. The predicted octanol–water partition coefficient (Wildman–Crippen LogP) is 13.7. The molecule has 0 bridgehead atoms. The Morgan fingerprint density at radius 1 is 0.480 bits per heavy atom. The highest BCUT2D eigenvalue weighted by Gasteiger charge is 2.25. The normalized spacial score (nSPS) is 12.0. The minimum absolute atomic E-state index is 0.873. The van der Waals surface area contributed by atoms with E-state index in [1.807, 2.05) is 11.3 Å². The van der Waals surface area contributed by atoms with Crippen molar-refractivity contribution in [2.75, 3.05) is 4.90 Å². The van der Waals surface area contributed by atoms with Crippen LogP contribution in [0.25, 0.3) is 80.4 Å². The highest BCUT2D eigenvalue weighted by Crippen LogP contribution is 2.49. The molecule has 0 aliphatic heterocycles. The lowest BCUT2D eigenvalue weighted by Gasteiger charge is -2.28. The van der Waals surface area contributed by atoms with Crippen LogP contribution in [-0.4, -0.2) is 4.57 Å². The van der Waals surface area contributed by atoms with E-state index in [-0.39, 0.29) is 0 Å². The Balaban J connectivity index is 1.29. The molecule has 11 rings (SSSR count). The lowest BCUT2D eigenvalue weighted by atomic mass is 10.0. The van der Waals surface area contributed by atoms with Crippen molar-refractivity contribution in [3.63, 3.8) is 0 Å². The summed E-state index contributed by atoms with van der Waals surface area (Å²) in [5.41, 5.74) is 8.54. The van der Waals surface area contributed by atoms with Gasteiger partial charge in [-0.05, 0) is 66.0 Å². The summed E-state index contributed by atoms with van der Waals surface area (Å²) in [5, 5.41) is 9.52. The van der Waals surface area contributed by atoms with Crippen molar-refractivity contribution < 1.29 is 4.42 Å². The van der Waals surface area contributed by atoms with E-state index in [1.165, 1.54) is 41.8 Å². The third kappa shape index (κ3) is 3.91. The van der Waals surface area contributed by atoms with Crippen molar-refractivity contribution in [2.45, 2.75) is 0 Å². The molecular weight excluding hydrogens is 629 g/mol. The third-order valence-electron chi connectivity index (χ3n) is 10.2. The molecule has 11 aromatic rings. The van der Waals surface area contributed by atoms with Crippen LogP contribution in [0.15, 0.2) is 174 Å². The lowest BCUT2D eigenvalue weighted by Crippen LogP contribution is -2.12. The van der Waals surface area contributed by atoms with Gasteiger partial charge in [0.05, 0.1) is 27.8 Å². The van der Waals surface area contributed by atoms with Crippen LogP contribution < -0.4 is 4.90 Å². The van der Waals surface area contributed by atoms with Crippen LogP contribution in [-0.2, 0) is 0 Å². The van der Waals surface area contributed by atoms with Crippen LogP contribution in [0.2, 0.25) is 0 Å². The molecule has 50 heavy (non-hydrogen) atoms. The summed E-state index contributed by atoms with van der Waals surface area (Å²) in [7, 11) is 0. The summed E-state index contributed by atoms with van der Waals surface area (Å²) >= 11 is 1.85. The molecule has 3 aromatic heterocycles. The van der Waals surface area contributed by atoms with Gasteiger partial charge in [-0.25, -0.2) is 0 Å².